The average Bonchev–Trinajstić information content (AvgIpc) is 4.38. The highest BCUT2D eigenvalue weighted by molar-refractivity contribution is 6.41. The smallest absolute Gasteiger partial charge is 0.284 e. The van der Waals surface area contributed by atoms with Crippen LogP contribution in [0, 0.1) is 0 Å². The minimum atomic E-state index is -0.819. The maximum atomic E-state index is 13.3. The van der Waals surface area contributed by atoms with Crippen molar-refractivity contribution in [2.45, 2.75) is 24.9 Å². The standard InChI is InChI=1S/C40H30N6O.C22H17N5O/c47-39(44-43-33-19-11-4-12-20-33)36-25-29-26-37-34(27-35(29)42-36)38(28-21-23-41-24-22-28)45-46(37)40(30-13-5-1-6-14-30,31-15-7-2-8-16-31)32-17-9-3-10-18-32;28-22(27-26-17-4-2-1-3-5-17)20-11-15-10-16-13-24-21(14-6-8-23-9-7-14)18(16)12-19(15)25-20/h1-24,26-27,43H,25H2,(H,44,47);1-10,12,26H,11,13H2,(H,27,28). The number of anilines is 2. The molecule has 3 aliphatic heterocycles. The molecular formula is C62H47N11O2. The third-order valence-corrected chi connectivity index (χ3v) is 13.6. The van der Waals surface area contributed by atoms with Crippen LogP contribution in [0.25, 0.3) is 22.2 Å². The van der Waals surface area contributed by atoms with Crippen molar-refractivity contribution < 1.29 is 9.59 Å². The van der Waals surface area contributed by atoms with Crippen LogP contribution in [0.2, 0.25) is 0 Å². The number of para-hydroxylation sites is 2. The number of nitrogens with zero attached hydrogens (tertiary/aromatic N) is 7. The molecule has 0 saturated carbocycles. The number of pyridine rings is 2. The Balaban J connectivity index is 0.000000173. The molecule has 0 fully saturated rings. The van der Waals surface area contributed by atoms with Crippen LogP contribution in [-0.2, 0) is 34.5 Å². The normalized spacial score (nSPS) is 13.0. The zero-order valence-corrected chi connectivity index (χ0v) is 40.4. The van der Waals surface area contributed by atoms with E-state index in [9.17, 15) is 9.59 Å². The Morgan fingerprint density at radius 1 is 0.480 bits per heavy atom. The number of carbonyl (C=O) groups excluding carboxylic acids is 2. The van der Waals surface area contributed by atoms with E-state index in [4.69, 9.17) is 10.1 Å². The number of amides is 2. The van der Waals surface area contributed by atoms with Crippen molar-refractivity contribution in [3.63, 3.8) is 0 Å². The Hall–Kier alpha value is -10.1. The van der Waals surface area contributed by atoms with Gasteiger partial charge in [-0.3, -0.25) is 46.3 Å². The summed E-state index contributed by atoms with van der Waals surface area (Å²) in [7, 11) is 0. The summed E-state index contributed by atoms with van der Waals surface area (Å²) < 4.78 is 2.16. The van der Waals surface area contributed by atoms with E-state index in [2.05, 4.69) is 137 Å². The van der Waals surface area contributed by atoms with Crippen molar-refractivity contribution in [2.24, 2.45) is 15.0 Å². The number of hydrogen-bond acceptors (Lipinski definition) is 10. The Labute approximate surface area is 432 Å². The van der Waals surface area contributed by atoms with Crippen LogP contribution in [-0.4, -0.2) is 48.7 Å². The fourth-order valence-corrected chi connectivity index (χ4v) is 10.0. The van der Waals surface area contributed by atoms with E-state index in [0.717, 1.165) is 89.6 Å². The van der Waals surface area contributed by atoms with E-state index < -0.39 is 5.54 Å². The number of aliphatic imine (C=N–C) groups is 3. The monoisotopic (exact) mass is 977 g/mol. The van der Waals surface area contributed by atoms with E-state index in [0.29, 0.717) is 30.8 Å². The van der Waals surface area contributed by atoms with Crippen LogP contribution in [0.1, 0.15) is 44.5 Å². The molecule has 0 bridgehead atoms. The molecule has 0 spiro atoms. The highest BCUT2D eigenvalue weighted by atomic mass is 16.2. The van der Waals surface area contributed by atoms with Gasteiger partial charge in [0.1, 0.15) is 22.7 Å². The van der Waals surface area contributed by atoms with Gasteiger partial charge in [0.2, 0.25) is 0 Å². The maximum Gasteiger partial charge on any atom is 0.284 e. The maximum absolute atomic E-state index is 13.3. The number of benzene rings is 7. The first-order chi connectivity index (χ1) is 37.0. The highest BCUT2D eigenvalue weighted by Gasteiger charge is 2.41. The van der Waals surface area contributed by atoms with Gasteiger partial charge in [-0.2, -0.15) is 5.10 Å². The van der Waals surface area contributed by atoms with Gasteiger partial charge in [0.05, 0.1) is 40.5 Å². The van der Waals surface area contributed by atoms with Crippen LogP contribution in [0.15, 0.2) is 240 Å². The zero-order valence-electron chi connectivity index (χ0n) is 40.4. The molecular weight excluding hydrogens is 931 g/mol. The fraction of sp³-hybridized carbons (Fsp3) is 0.0645. The second-order valence-corrected chi connectivity index (χ2v) is 18.2. The molecule has 75 heavy (non-hydrogen) atoms. The lowest BCUT2D eigenvalue weighted by Crippen LogP contribution is -2.38. The van der Waals surface area contributed by atoms with Gasteiger partial charge in [-0.1, -0.05) is 133 Å². The molecule has 13 nitrogen and oxygen atoms in total. The lowest BCUT2D eigenvalue weighted by Gasteiger charge is -2.37. The second-order valence-electron chi connectivity index (χ2n) is 18.2. The van der Waals surface area contributed by atoms with Crippen LogP contribution in [0.3, 0.4) is 0 Å². The number of hydrazine groups is 2. The number of aromatic nitrogens is 4. The molecule has 2 amide bonds. The Kier molecular flexibility index (Phi) is 12.4. The van der Waals surface area contributed by atoms with E-state index in [-0.39, 0.29) is 11.8 Å². The summed E-state index contributed by atoms with van der Waals surface area (Å²) in [4.78, 5) is 48.2. The summed E-state index contributed by atoms with van der Waals surface area (Å²) in [5.74, 6) is -0.486. The van der Waals surface area contributed by atoms with Gasteiger partial charge in [0.25, 0.3) is 11.8 Å². The predicted molar refractivity (Wildman–Crippen MR) is 296 cm³/mol. The van der Waals surface area contributed by atoms with Crippen molar-refractivity contribution in [1.82, 2.24) is 30.6 Å². The van der Waals surface area contributed by atoms with Gasteiger partial charge in [-0.15, -0.1) is 0 Å². The van der Waals surface area contributed by atoms with Crippen LogP contribution in [0.5, 0.6) is 0 Å². The van der Waals surface area contributed by atoms with Gasteiger partial charge in [-0.25, -0.2) is 14.7 Å². The van der Waals surface area contributed by atoms with E-state index in [1.54, 1.807) is 24.8 Å². The van der Waals surface area contributed by atoms with Crippen molar-refractivity contribution in [1.29, 1.82) is 0 Å². The first-order valence-electron chi connectivity index (χ1n) is 24.6. The molecule has 0 aliphatic carbocycles. The topological polar surface area (TPSA) is 163 Å². The molecule has 3 aliphatic rings. The van der Waals surface area contributed by atoms with E-state index >= 15 is 0 Å². The number of nitrogens with one attached hydrogen (secondary N) is 4. The van der Waals surface area contributed by atoms with E-state index in [1.165, 1.54) is 5.56 Å². The first-order valence-corrected chi connectivity index (χ1v) is 24.6. The Bertz CT molecular complexity index is 3720. The van der Waals surface area contributed by atoms with Crippen LogP contribution < -0.4 is 21.7 Å². The SMILES string of the molecule is O=C(NNc1ccccc1)C1=Nc2cc3c(-c4ccncc4)nn(C(c4ccccc4)(c4ccccc4)c4ccccc4)c3cc2C1.O=C(NNc1ccccc1)C1=Nc2cc3c(cc2C1)CN=C3c1ccncc1. The quantitative estimate of drug-likeness (QED) is 0.0699. The largest absolute Gasteiger partial charge is 0.298 e. The van der Waals surface area contributed by atoms with Crippen molar-refractivity contribution in [3.8, 4) is 11.3 Å². The van der Waals surface area contributed by atoms with Crippen LogP contribution >= 0.6 is 0 Å². The van der Waals surface area contributed by atoms with Gasteiger partial charge >= 0.3 is 0 Å². The minimum absolute atomic E-state index is 0.219. The van der Waals surface area contributed by atoms with Gasteiger partial charge < -0.3 is 0 Å². The summed E-state index contributed by atoms with van der Waals surface area (Å²) in [6, 6.07) is 66.8. The molecule has 13 heteroatoms. The molecule has 10 aromatic rings. The predicted octanol–water partition coefficient (Wildman–Crippen LogP) is 10.9. The van der Waals surface area contributed by atoms with Crippen molar-refractivity contribution in [3.05, 3.63) is 269 Å². The van der Waals surface area contributed by atoms with Crippen molar-refractivity contribution in [2.75, 3.05) is 10.9 Å². The molecule has 4 N–H and O–H groups in total. The highest BCUT2D eigenvalue weighted by Crippen LogP contribution is 2.46. The molecule has 0 saturated heterocycles. The third kappa shape index (κ3) is 8.99. The summed E-state index contributed by atoms with van der Waals surface area (Å²) in [6.07, 6.45) is 8.03. The van der Waals surface area contributed by atoms with E-state index in [1.807, 2.05) is 109 Å². The number of rotatable bonds is 12. The van der Waals surface area contributed by atoms with Crippen molar-refractivity contribution >= 4 is 62.6 Å². The van der Waals surface area contributed by atoms with Gasteiger partial charge in [-0.05, 0) is 100 Å². The van der Waals surface area contributed by atoms with Crippen LogP contribution in [0.4, 0.5) is 22.7 Å². The van der Waals surface area contributed by atoms with Gasteiger partial charge in [0.15, 0.2) is 0 Å². The third-order valence-electron chi connectivity index (χ3n) is 13.6. The number of carbonyl (C=O) groups is 2. The summed E-state index contributed by atoms with van der Waals surface area (Å²) in [6.45, 7) is 0.650. The molecule has 6 heterocycles. The first kappa shape index (κ1) is 46.0. The molecule has 362 valence electrons. The summed E-state index contributed by atoms with van der Waals surface area (Å²) in [5, 5.41) is 6.41. The molecule has 13 rings (SSSR count). The fourth-order valence-electron chi connectivity index (χ4n) is 10.0. The van der Waals surface area contributed by atoms with Gasteiger partial charge in [0, 0.05) is 59.7 Å². The summed E-state index contributed by atoms with van der Waals surface area (Å²) in [5.41, 5.74) is 27.0. The molecule has 7 aromatic carbocycles. The molecule has 0 unspecified atom stereocenters. The molecule has 0 atom stereocenters. The average molecular weight is 978 g/mol. The Morgan fingerprint density at radius 3 is 1.44 bits per heavy atom. The summed E-state index contributed by atoms with van der Waals surface area (Å²) >= 11 is 0. The molecule has 0 radical (unpaired) electrons. The minimum Gasteiger partial charge on any atom is -0.298 e. The number of fused-ring (bicyclic) bond motifs is 4. The lowest BCUT2D eigenvalue weighted by atomic mass is 9.77. The second kappa shape index (κ2) is 20.2. The Morgan fingerprint density at radius 2 is 0.933 bits per heavy atom. The molecule has 3 aromatic heterocycles. The lowest BCUT2D eigenvalue weighted by molar-refractivity contribution is -0.115. The zero-order chi connectivity index (χ0) is 50.6. The number of hydrogen-bond donors (Lipinski definition) is 4.